The standard InChI is InChI=1S/C14H22N4OS/c1-8(2)15-7-12-10(4)17-18(6)13(12)20-14-16-9(3)11(5)19-14/h8,15H,7H2,1-6H3. The molecule has 0 spiro atoms. The zero-order valence-electron chi connectivity index (χ0n) is 12.9. The summed E-state index contributed by atoms with van der Waals surface area (Å²) in [6.45, 7) is 11.0. The first-order valence-corrected chi connectivity index (χ1v) is 7.58. The number of hydrogen-bond acceptors (Lipinski definition) is 5. The van der Waals surface area contributed by atoms with Gasteiger partial charge in [-0.25, -0.2) is 4.98 Å². The molecule has 0 fully saturated rings. The van der Waals surface area contributed by atoms with E-state index in [-0.39, 0.29) is 0 Å². The van der Waals surface area contributed by atoms with Gasteiger partial charge in [0, 0.05) is 25.2 Å². The number of rotatable bonds is 5. The smallest absolute Gasteiger partial charge is 0.262 e. The van der Waals surface area contributed by atoms with Crippen LogP contribution in [0.1, 0.15) is 36.6 Å². The highest BCUT2D eigenvalue weighted by molar-refractivity contribution is 7.99. The summed E-state index contributed by atoms with van der Waals surface area (Å²) in [5, 5.41) is 9.70. The molecule has 0 unspecified atom stereocenters. The first kappa shape index (κ1) is 15.1. The summed E-state index contributed by atoms with van der Waals surface area (Å²) in [5.41, 5.74) is 3.19. The summed E-state index contributed by atoms with van der Waals surface area (Å²) in [6, 6.07) is 0.443. The van der Waals surface area contributed by atoms with Gasteiger partial charge in [-0.15, -0.1) is 0 Å². The Balaban J connectivity index is 2.26. The second-order valence-electron chi connectivity index (χ2n) is 5.25. The molecule has 20 heavy (non-hydrogen) atoms. The maximum Gasteiger partial charge on any atom is 0.262 e. The van der Waals surface area contributed by atoms with Crippen LogP contribution in [-0.4, -0.2) is 20.8 Å². The van der Waals surface area contributed by atoms with E-state index in [0.29, 0.717) is 11.3 Å². The van der Waals surface area contributed by atoms with E-state index >= 15 is 0 Å². The minimum absolute atomic E-state index is 0.443. The average Bonchev–Trinajstić information content (AvgIpc) is 2.79. The summed E-state index contributed by atoms with van der Waals surface area (Å²) in [5.74, 6) is 0.869. The first-order chi connectivity index (χ1) is 9.38. The van der Waals surface area contributed by atoms with Crippen LogP contribution >= 0.6 is 11.8 Å². The third-order valence-electron chi connectivity index (χ3n) is 3.17. The number of hydrogen-bond donors (Lipinski definition) is 1. The second kappa shape index (κ2) is 6.01. The Kier molecular flexibility index (Phi) is 4.55. The van der Waals surface area contributed by atoms with Gasteiger partial charge in [-0.05, 0) is 32.5 Å². The fourth-order valence-electron chi connectivity index (χ4n) is 1.89. The third-order valence-corrected chi connectivity index (χ3v) is 4.22. The highest BCUT2D eigenvalue weighted by Gasteiger charge is 2.17. The van der Waals surface area contributed by atoms with Crippen LogP contribution in [0.25, 0.3) is 0 Å². The van der Waals surface area contributed by atoms with Gasteiger partial charge in [0.05, 0.1) is 11.4 Å². The zero-order valence-corrected chi connectivity index (χ0v) is 13.8. The molecule has 0 saturated heterocycles. The predicted octanol–water partition coefficient (Wildman–Crippen LogP) is 2.98. The van der Waals surface area contributed by atoms with Gasteiger partial charge >= 0.3 is 0 Å². The van der Waals surface area contributed by atoms with E-state index in [1.807, 2.05) is 32.5 Å². The largest absolute Gasteiger partial charge is 0.436 e. The number of nitrogens with zero attached hydrogens (tertiary/aromatic N) is 3. The monoisotopic (exact) mass is 294 g/mol. The van der Waals surface area contributed by atoms with Gasteiger partial charge in [-0.3, -0.25) is 4.68 Å². The summed E-state index contributed by atoms with van der Waals surface area (Å²) in [4.78, 5) is 4.43. The van der Waals surface area contributed by atoms with Crippen LogP contribution in [0.3, 0.4) is 0 Å². The maximum absolute atomic E-state index is 5.65. The van der Waals surface area contributed by atoms with Gasteiger partial charge in [-0.2, -0.15) is 5.10 Å². The number of oxazole rings is 1. The van der Waals surface area contributed by atoms with Gasteiger partial charge in [0.1, 0.15) is 10.8 Å². The maximum atomic E-state index is 5.65. The van der Waals surface area contributed by atoms with Crippen LogP contribution in [0.5, 0.6) is 0 Å². The van der Waals surface area contributed by atoms with Crippen molar-refractivity contribution in [3.63, 3.8) is 0 Å². The predicted molar refractivity (Wildman–Crippen MR) is 80.0 cm³/mol. The van der Waals surface area contributed by atoms with Crippen molar-refractivity contribution in [1.82, 2.24) is 20.1 Å². The molecule has 0 aliphatic heterocycles. The lowest BCUT2D eigenvalue weighted by Gasteiger charge is -2.09. The van der Waals surface area contributed by atoms with Gasteiger partial charge in [0.15, 0.2) is 0 Å². The van der Waals surface area contributed by atoms with Crippen LogP contribution in [0.4, 0.5) is 0 Å². The summed E-state index contributed by atoms with van der Waals surface area (Å²) in [7, 11) is 1.96. The van der Waals surface area contributed by atoms with E-state index in [4.69, 9.17) is 4.42 Å². The van der Waals surface area contributed by atoms with E-state index < -0.39 is 0 Å². The Morgan fingerprint density at radius 3 is 2.50 bits per heavy atom. The lowest BCUT2D eigenvalue weighted by Crippen LogP contribution is -2.22. The van der Waals surface area contributed by atoms with Crippen LogP contribution < -0.4 is 5.32 Å². The molecule has 0 radical (unpaired) electrons. The van der Waals surface area contributed by atoms with E-state index in [1.165, 1.54) is 17.3 Å². The molecule has 0 aliphatic rings. The molecule has 0 aromatic carbocycles. The molecule has 0 saturated carbocycles. The van der Waals surface area contributed by atoms with Crippen molar-refractivity contribution in [2.75, 3.05) is 0 Å². The van der Waals surface area contributed by atoms with Crippen molar-refractivity contribution in [1.29, 1.82) is 0 Å². The second-order valence-corrected chi connectivity index (χ2v) is 6.19. The Morgan fingerprint density at radius 1 is 1.25 bits per heavy atom. The van der Waals surface area contributed by atoms with Gasteiger partial charge < -0.3 is 9.73 Å². The van der Waals surface area contributed by atoms with Gasteiger partial charge in [-0.1, -0.05) is 13.8 Å². The fraction of sp³-hybridized carbons (Fsp3) is 0.571. The Morgan fingerprint density at radius 2 is 1.95 bits per heavy atom. The lowest BCUT2D eigenvalue weighted by molar-refractivity contribution is 0.430. The van der Waals surface area contributed by atoms with Crippen molar-refractivity contribution < 1.29 is 4.42 Å². The van der Waals surface area contributed by atoms with E-state index in [1.54, 1.807) is 0 Å². The van der Waals surface area contributed by atoms with Crippen molar-refractivity contribution in [2.24, 2.45) is 7.05 Å². The van der Waals surface area contributed by atoms with E-state index in [2.05, 4.69) is 29.2 Å². The number of nitrogens with one attached hydrogen (secondary N) is 1. The van der Waals surface area contributed by atoms with Crippen LogP contribution in [0.2, 0.25) is 0 Å². The molecule has 2 rings (SSSR count). The van der Waals surface area contributed by atoms with Crippen molar-refractivity contribution in [3.8, 4) is 0 Å². The summed E-state index contributed by atoms with van der Waals surface area (Å²) in [6.07, 6.45) is 0. The first-order valence-electron chi connectivity index (χ1n) is 6.76. The van der Waals surface area contributed by atoms with Crippen molar-refractivity contribution in [2.45, 2.75) is 57.5 Å². The molecular formula is C14H22N4OS. The normalized spacial score (nSPS) is 11.6. The molecule has 6 heteroatoms. The summed E-state index contributed by atoms with van der Waals surface area (Å²) < 4.78 is 7.55. The van der Waals surface area contributed by atoms with E-state index in [0.717, 1.165) is 28.7 Å². The fourth-order valence-corrected chi connectivity index (χ4v) is 2.92. The lowest BCUT2D eigenvalue weighted by atomic mass is 10.2. The minimum Gasteiger partial charge on any atom is -0.436 e. The Bertz CT molecular complexity index is 581. The third kappa shape index (κ3) is 3.24. The topological polar surface area (TPSA) is 55.9 Å². The molecule has 5 nitrogen and oxygen atoms in total. The van der Waals surface area contributed by atoms with Crippen LogP contribution in [0.15, 0.2) is 14.7 Å². The minimum atomic E-state index is 0.443. The molecule has 1 N–H and O–H groups in total. The van der Waals surface area contributed by atoms with Gasteiger partial charge in [0.2, 0.25) is 0 Å². The molecule has 0 aliphatic carbocycles. The average molecular weight is 294 g/mol. The molecule has 2 aromatic heterocycles. The summed E-state index contributed by atoms with van der Waals surface area (Å²) >= 11 is 1.53. The number of aryl methyl sites for hydroxylation is 4. The van der Waals surface area contributed by atoms with Crippen molar-refractivity contribution >= 4 is 11.8 Å². The highest BCUT2D eigenvalue weighted by Crippen LogP contribution is 2.32. The zero-order chi connectivity index (χ0) is 14.9. The Hall–Kier alpha value is -1.27. The molecule has 2 aromatic rings. The van der Waals surface area contributed by atoms with Crippen LogP contribution in [-0.2, 0) is 13.6 Å². The van der Waals surface area contributed by atoms with Crippen LogP contribution in [0, 0.1) is 20.8 Å². The SMILES string of the molecule is Cc1nc(Sc2c(CNC(C)C)c(C)nn2C)oc1C. The Labute approximate surface area is 124 Å². The molecule has 0 atom stereocenters. The quantitative estimate of drug-likeness (QED) is 0.918. The highest BCUT2D eigenvalue weighted by atomic mass is 32.2. The van der Waals surface area contributed by atoms with E-state index in [9.17, 15) is 0 Å². The van der Waals surface area contributed by atoms with Gasteiger partial charge in [0.25, 0.3) is 5.22 Å². The van der Waals surface area contributed by atoms with Crippen molar-refractivity contribution in [3.05, 3.63) is 22.7 Å². The molecule has 2 heterocycles. The number of aromatic nitrogens is 3. The molecule has 110 valence electrons. The molecule has 0 amide bonds. The molecular weight excluding hydrogens is 272 g/mol. The molecule has 0 bridgehead atoms.